The Morgan fingerprint density at radius 1 is 0.931 bits per heavy atom. The number of hydrogen-bond donors (Lipinski definition) is 3. The summed E-state index contributed by atoms with van der Waals surface area (Å²) in [6.07, 6.45) is 0.703. The fraction of sp³-hybridized carbons (Fsp3) is 0.143. The Hall–Kier alpha value is -3.52. The molecule has 3 aromatic rings. The van der Waals surface area contributed by atoms with Crippen LogP contribution in [0, 0.1) is 0 Å². The standard InChI is InChI=1S/C21H20N4O3S/c1-14(26)22-16-8-5-9-17(12-16)23-19(27)11-10-18-13-29-21(24-18)25-20(28)15-6-3-2-4-7-15/h2-9,12-13H,10-11H2,1H3,(H,22,26)(H,23,27)(H,24,25,28). The van der Waals surface area contributed by atoms with Crippen molar-refractivity contribution in [1.82, 2.24) is 4.98 Å². The number of anilines is 3. The van der Waals surface area contributed by atoms with Gasteiger partial charge in [-0.3, -0.25) is 19.7 Å². The highest BCUT2D eigenvalue weighted by molar-refractivity contribution is 7.14. The first-order valence-corrected chi connectivity index (χ1v) is 9.86. The second-order valence-electron chi connectivity index (χ2n) is 6.27. The van der Waals surface area contributed by atoms with Crippen LogP contribution >= 0.6 is 11.3 Å². The zero-order valence-corrected chi connectivity index (χ0v) is 16.6. The molecule has 7 nitrogen and oxygen atoms in total. The average Bonchev–Trinajstić information content (AvgIpc) is 3.14. The van der Waals surface area contributed by atoms with Gasteiger partial charge in [-0.05, 0) is 36.8 Å². The lowest BCUT2D eigenvalue weighted by atomic mass is 10.2. The SMILES string of the molecule is CC(=O)Nc1cccc(NC(=O)CCc2csc(NC(=O)c3ccccc3)n2)c1. The Bertz CT molecular complexity index is 1020. The second-order valence-corrected chi connectivity index (χ2v) is 7.13. The van der Waals surface area contributed by atoms with Crippen LogP contribution in [-0.4, -0.2) is 22.7 Å². The average molecular weight is 408 g/mol. The number of benzene rings is 2. The summed E-state index contributed by atoms with van der Waals surface area (Å²) in [5.41, 5.74) is 2.52. The van der Waals surface area contributed by atoms with Crippen molar-refractivity contribution in [3.8, 4) is 0 Å². The fourth-order valence-corrected chi connectivity index (χ4v) is 3.32. The number of carbonyl (C=O) groups excluding carboxylic acids is 3. The van der Waals surface area contributed by atoms with Gasteiger partial charge in [0.05, 0.1) is 5.69 Å². The maximum atomic E-state index is 12.2. The minimum Gasteiger partial charge on any atom is -0.326 e. The molecule has 3 N–H and O–H groups in total. The van der Waals surface area contributed by atoms with E-state index >= 15 is 0 Å². The molecular weight excluding hydrogens is 388 g/mol. The molecule has 1 aromatic heterocycles. The molecule has 3 rings (SSSR count). The number of hydrogen-bond acceptors (Lipinski definition) is 5. The van der Waals surface area contributed by atoms with Crippen LogP contribution in [0.15, 0.2) is 60.0 Å². The first kappa shape index (κ1) is 20.2. The van der Waals surface area contributed by atoms with Gasteiger partial charge < -0.3 is 10.6 Å². The summed E-state index contributed by atoms with van der Waals surface area (Å²) in [7, 11) is 0. The lowest BCUT2D eigenvalue weighted by Gasteiger charge is -2.07. The van der Waals surface area contributed by atoms with Crippen molar-refractivity contribution >= 4 is 45.6 Å². The number of amides is 3. The number of carbonyl (C=O) groups is 3. The Balaban J connectivity index is 1.50. The number of nitrogens with one attached hydrogen (secondary N) is 3. The zero-order chi connectivity index (χ0) is 20.6. The summed E-state index contributed by atoms with van der Waals surface area (Å²) < 4.78 is 0. The highest BCUT2D eigenvalue weighted by Gasteiger charge is 2.10. The predicted octanol–water partition coefficient (Wildman–Crippen LogP) is 3.93. The maximum Gasteiger partial charge on any atom is 0.257 e. The lowest BCUT2D eigenvalue weighted by molar-refractivity contribution is -0.116. The molecule has 2 aromatic carbocycles. The van der Waals surface area contributed by atoms with Crippen LogP contribution < -0.4 is 16.0 Å². The number of aryl methyl sites for hydroxylation is 1. The van der Waals surface area contributed by atoms with Crippen molar-refractivity contribution in [1.29, 1.82) is 0 Å². The number of nitrogens with zero attached hydrogens (tertiary/aromatic N) is 1. The zero-order valence-electron chi connectivity index (χ0n) is 15.8. The van der Waals surface area contributed by atoms with Crippen LogP contribution in [0.5, 0.6) is 0 Å². The molecule has 0 fully saturated rings. The first-order chi connectivity index (χ1) is 14.0. The van der Waals surface area contributed by atoms with E-state index in [2.05, 4.69) is 20.9 Å². The van der Waals surface area contributed by atoms with Crippen LogP contribution in [-0.2, 0) is 16.0 Å². The van der Waals surface area contributed by atoms with Gasteiger partial charge in [0.15, 0.2) is 5.13 Å². The van der Waals surface area contributed by atoms with Gasteiger partial charge in [0.25, 0.3) is 5.91 Å². The second kappa shape index (κ2) is 9.61. The van der Waals surface area contributed by atoms with Crippen LogP contribution in [0.1, 0.15) is 29.4 Å². The molecule has 0 bridgehead atoms. The third-order valence-electron chi connectivity index (χ3n) is 3.88. The number of thiazole rings is 1. The van der Waals surface area contributed by atoms with E-state index in [1.165, 1.54) is 18.3 Å². The molecule has 0 spiro atoms. The quantitative estimate of drug-likeness (QED) is 0.551. The van der Waals surface area contributed by atoms with Gasteiger partial charge in [0.1, 0.15) is 0 Å². The molecule has 0 saturated carbocycles. The van der Waals surface area contributed by atoms with E-state index in [1.807, 2.05) is 11.4 Å². The van der Waals surface area contributed by atoms with Crippen LogP contribution in [0.25, 0.3) is 0 Å². The normalized spacial score (nSPS) is 10.2. The molecule has 29 heavy (non-hydrogen) atoms. The molecule has 1 heterocycles. The molecule has 3 amide bonds. The van der Waals surface area contributed by atoms with E-state index in [4.69, 9.17) is 0 Å². The molecule has 0 unspecified atom stereocenters. The van der Waals surface area contributed by atoms with E-state index < -0.39 is 0 Å². The highest BCUT2D eigenvalue weighted by atomic mass is 32.1. The third-order valence-corrected chi connectivity index (χ3v) is 4.69. The third kappa shape index (κ3) is 6.25. The maximum absolute atomic E-state index is 12.2. The Labute approximate surface area is 172 Å². The summed E-state index contributed by atoms with van der Waals surface area (Å²) >= 11 is 1.32. The van der Waals surface area contributed by atoms with Crippen molar-refractivity contribution in [3.05, 3.63) is 71.2 Å². The van der Waals surface area contributed by atoms with Crippen LogP contribution in [0.4, 0.5) is 16.5 Å². The van der Waals surface area contributed by atoms with Crippen molar-refractivity contribution < 1.29 is 14.4 Å². The summed E-state index contributed by atoms with van der Waals surface area (Å²) in [6, 6.07) is 15.9. The van der Waals surface area contributed by atoms with Gasteiger partial charge in [-0.25, -0.2) is 4.98 Å². The molecular formula is C21H20N4O3S. The van der Waals surface area contributed by atoms with E-state index in [0.717, 1.165) is 5.69 Å². The monoisotopic (exact) mass is 408 g/mol. The van der Waals surface area contributed by atoms with Crippen LogP contribution in [0.3, 0.4) is 0 Å². The van der Waals surface area contributed by atoms with Gasteiger partial charge in [0.2, 0.25) is 11.8 Å². The minimum absolute atomic E-state index is 0.159. The van der Waals surface area contributed by atoms with Gasteiger partial charge in [-0.1, -0.05) is 24.3 Å². The smallest absolute Gasteiger partial charge is 0.257 e. The molecule has 0 saturated heterocycles. The summed E-state index contributed by atoms with van der Waals surface area (Å²) in [5, 5.41) is 10.6. The van der Waals surface area contributed by atoms with Crippen molar-refractivity contribution in [3.63, 3.8) is 0 Å². The van der Waals surface area contributed by atoms with Crippen molar-refractivity contribution in [2.45, 2.75) is 19.8 Å². The highest BCUT2D eigenvalue weighted by Crippen LogP contribution is 2.19. The molecule has 0 atom stereocenters. The van der Waals surface area contributed by atoms with Crippen molar-refractivity contribution in [2.75, 3.05) is 16.0 Å². The number of aromatic nitrogens is 1. The molecule has 8 heteroatoms. The van der Waals surface area contributed by atoms with E-state index in [1.54, 1.807) is 48.5 Å². The molecule has 0 aliphatic heterocycles. The topological polar surface area (TPSA) is 100 Å². The summed E-state index contributed by atoms with van der Waals surface area (Å²) in [4.78, 5) is 39.8. The Morgan fingerprint density at radius 2 is 1.66 bits per heavy atom. The van der Waals surface area contributed by atoms with Crippen LogP contribution in [0.2, 0.25) is 0 Å². The van der Waals surface area contributed by atoms with Gasteiger partial charge in [-0.15, -0.1) is 11.3 Å². The Kier molecular flexibility index (Phi) is 6.70. The number of rotatable bonds is 7. The van der Waals surface area contributed by atoms with E-state index in [-0.39, 0.29) is 24.1 Å². The largest absolute Gasteiger partial charge is 0.326 e. The lowest BCUT2D eigenvalue weighted by Crippen LogP contribution is -2.13. The van der Waals surface area contributed by atoms with Gasteiger partial charge in [0, 0.05) is 35.7 Å². The Morgan fingerprint density at radius 3 is 2.38 bits per heavy atom. The minimum atomic E-state index is -0.219. The van der Waals surface area contributed by atoms with Gasteiger partial charge >= 0.3 is 0 Å². The first-order valence-electron chi connectivity index (χ1n) is 8.98. The van der Waals surface area contributed by atoms with Crippen molar-refractivity contribution in [2.24, 2.45) is 0 Å². The van der Waals surface area contributed by atoms with Gasteiger partial charge in [-0.2, -0.15) is 0 Å². The van der Waals surface area contributed by atoms with E-state index in [9.17, 15) is 14.4 Å². The predicted molar refractivity (Wildman–Crippen MR) is 114 cm³/mol. The summed E-state index contributed by atoms with van der Waals surface area (Å²) in [6.45, 7) is 1.43. The molecule has 148 valence electrons. The fourth-order valence-electron chi connectivity index (χ4n) is 2.58. The van der Waals surface area contributed by atoms with E-state index in [0.29, 0.717) is 28.5 Å². The molecule has 0 aliphatic carbocycles. The molecule has 0 aliphatic rings. The summed E-state index contributed by atoms with van der Waals surface area (Å²) in [5.74, 6) is -0.552. The molecule has 0 radical (unpaired) electrons.